The molecule has 0 aliphatic rings. The van der Waals surface area contributed by atoms with Gasteiger partial charge in [0.25, 0.3) is 11.8 Å². The van der Waals surface area contributed by atoms with Crippen LogP contribution in [0, 0.1) is 0 Å². The molecule has 0 aliphatic carbocycles. The summed E-state index contributed by atoms with van der Waals surface area (Å²) in [7, 11) is 3.90. The maximum absolute atomic E-state index is 13.5. The lowest BCUT2D eigenvalue weighted by molar-refractivity contribution is -0.116. The van der Waals surface area contributed by atoms with E-state index in [0.717, 1.165) is 16.1 Å². The minimum absolute atomic E-state index is 0.0956. The van der Waals surface area contributed by atoms with E-state index in [1.54, 1.807) is 60.7 Å². The van der Waals surface area contributed by atoms with Gasteiger partial charge in [-0.2, -0.15) is 0 Å². The molecule has 1 atom stereocenters. The number of carbonyl (C=O) groups excluding carboxylic acids is 3. The Kier molecular flexibility index (Phi) is 11.0. The van der Waals surface area contributed by atoms with Gasteiger partial charge < -0.3 is 20.9 Å². The van der Waals surface area contributed by atoms with Crippen LogP contribution in [0.25, 0.3) is 6.08 Å². The van der Waals surface area contributed by atoms with Crippen LogP contribution in [-0.4, -0.2) is 37.1 Å². The second-order valence-corrected chi connectivity index (χ2v) is 11.6. The van der Waals surface area contributed by atoms with E-state index in [1.807, 2.05) is 74.4 Å². The first-order valence-corrected chi connectivity index (χ1v) is 15.0. The van der Waals surface area contributed by atoms with Gasteiger partial charge in [0.05, 0.1) is 5.25 Å². The van der Waals surface area contributed by atoms with Gasteiger partial charge in [0, 0.05) is 46.6 Å². The summed E-state index contributed by atoms with van der Waals surface area (Å²) in [5, 5.41) is 8.84. The number of nitrogens with one attached hydrogen (secondary N) is 3. The van der Waals surface area contributed by atoms with Crippen molar-refractivity contribution in [1.29, 1.82) is 0 Å². The molecule has 0 bridgehead atoms. The maximum atomic E-state index is 13.5. The summed E-state index contributed by atoms with van der Waals surface area (Å²) < 4.78 is 0. The van der Waals surface area contributed by atoms with Crippen LogP contribution in [0.5, 0.6) is 0 Å². The number of amides is 3. The predicted octanol–water partition coefficient (Wildman–Crippen LogP) is 7.33. The van der Waals surface area contributed by atoms with Crippen molar-refractivity contribution in [3.63, 3.8) is 0 Å². The maximum Gasteiger partial charge on any atom is 0.272 e. The highest BCUT2D eigenvalue weighted by atomic mass is 35.5. The van der Waals surface area contributed by atoms with Crippen LogP contribution >= 0.6 is 23.4 Å². The van der Waals surface area contributed by atoms with Gasteiger partial charge >= 0.3 is 0 Å². The Hall–Kier alpha value is -4.53. The summed E-state index contributed by atoms with van der Waals surface area (Å²) in [5.74, 6) is -0.997. The molecule has 0 heterocycles. The standard InChI is InChI=1S/C34H33ClN4O3S/c1-4-31(34(42)36-26-17-15-25(35)16-18-26)43-29-12-8-11-27(22-29)37-33(41)30(38-32(40)24-9-6-5-7-10-24)21-23-13-19-28(20-14-23)39(2)3/h5-22,31H,4H2,1-3H3,(H,36,42)(H,37,41)(H,38,40)/b30-21+. The molecule has 3 amide bonds. The number of carbonyl (C=O) groups is 3. The van der Waals surface area contributed by atoms with Gasteiger partial charge in [-0.05, 0) is 84.8 Å². The summed E-state index contributed by atoms with van der Waals surface area (Å²) >= 11 is 7.36. The van der Waals surface area contributed by atoms with Gasteiger partial charge in [-0.1, -0.05) is 54.9 Å². The average Bonchev–Trinajstić information content (AvgIpc) is 3.01. The third kappa shape index (κ3) is 9.23. The van der Waals surface area contributed by atoms with Crippen molar-refractivity contribution >= 4 is 64.2 Å². The van der Waals surface area contributed by atoms with Gasteiger partial charge in [0.15, 0.2) is 0 Å². The molecule has 4 rings (SSSR count). The summed E-state index contributed by atoms with van der Waals surface area (Å²) in [5.41, 5.74) is 3.50. The van der Waals surface area contributed by atoms with Crippen molar-refractivity contribution in [2.75, 3.05) is 29.6 Å². The number of anilines is 3. The predicted molar refractivity (Wildman–Crippen MR) is 178 cm³/mol. The molecule has 220 valence electrons. The third-order valence-electron chi connectivity index (χ3n) is 6.39. The summed E-state index contributed by atoms with van der Waals surface area (Å²) in [6.45, 7) is 1.95. The molecule has 0 saturated heterocycles. The molecule has 0 fully saturated rings. The third-order valence-corrected chi connectivity index (χ3v) is 8.00. The summed E-state index contributed by atoms with van der Waals surface area (Å²) in [6.07, 6.45) is 2.24. The molecule has 0 saturated carbocycles. The van der Waals surface area contributed by atoms with Crippen molar-refractivity contribution in [3.05, 3.63) is 125 Å². The van der Waals surface area contributed by atoms with Gasteiger partial charge in [0.2, 0.25) is 5.91 Å². The highest BCUT2D eigenvalue weighted by Gasteiger charge is 2.19. The van der Waals surface area contributed by atoms with Gasteiger partial charge in [0.1, 0.15) is 5.70 Å². The average molecular weight is 613 g/mol. The van der Waals surface area contributed by atoms with Crippen LogP contribution in [0.15, 0.2) is 114 Å². The number of halogens is 1. The normalized spacial score (nSPS) is 11.8. The number of nitrogens with zero attached hydrogens (tertiary/aromatic N) is 1. The fourth-order valence-corrected chi connectivity index (χ4v) is 5.21. The van der Waals surface area contributed by atoms with Crippen molar-refractivity contribution in [2.24, 2.45) is 0 Å². The summed E-state index contributed by atoms with van der Waals surface area (Å²) in [4.78, 5) is 42.2. The van der Waals surface area contributed by atoms with Crippen LogP contribution in [-0.2, 0) is 9.59 Å². The molecule has 1 unspecified atom stereocenters. The van der Waals surface area contributed by atoms with E-state index < -0.39 is 11.8 Å². The van der Waals surface area contributed by atoms with E-state index in [2.05, 4.69) is 16.0 Å². The molecule has 4 aromatic carbocycles. The Morgan fingerprint density at radius 2 is 1.53 bits per heavy atom. The number of hydrogen-bond donors (Lipinski definition) is 3. The Balaban J connectivity index is 1.51. The molecule has 0 spiro atoms. The van der Waals surface area contributed by atoms with E-state index in [-0.39, 0.29) is 16.9 Å². The minimum atomic E-state index is -0.476. The zero-order valence-electron chi connectivity index (χ0n) is 24.1. The Labute approximate surface area is 261 Å². The first-order chi connectivity index (χ1) is 20.7. The lowest BCUT2D eigenvalue weighted by atomic mass is 10.1. The Morgan fingerprint density at radius 1 is 0.837 bits per heavy atom. The van der Waals surface area contributed by atoms with E-state index >= 15 is 0 Å². The molecule has 7 nitrogen and oxygen atoms in total. The molecule has 4 aromatic rings. The highest BCUT2D eigenvalue weighted by molar-refractivity contribution is 8.00. The van der Waals surface area contributed by atoms with Gasteiger partial charge in [-0.25, -0.2) is 0 Å². The monoisotopic (exact) mass is 612 g/mol. The Morgan fingerprint density at radius 3 is 2.19 bits per heavy atom. The number of benzene rings is 4. The summed E-state index contributed by atoms with van der Waals surface area (Å²) in [6, 6.07) is 30.6. The van der Waals surface area contributed by atoms with Crippen LogP contribution in [0.4, 0.5) is 17.1 Å². The van der Waals surface area contributed by atoms with E-state index in [9.17, 15) is 14.4 Å². The van der Waals surface area contributed by atoms with Gasteiger partial charge in [-0.3, -0.25) is 14.4 Å². The van der Waals surface area contributed by atoms with Crippen molar-refractivity contribution in [1.82, 2.24) is 5.32 Å². The number of hydrogen-bond acceptors (Lipinski definition) is 5. The zero-order chi connectivity index (χ0) is 30.8. The fourth-order valence-electron chi connectivity index (χ4n) is 4.07. The fraction of sp³-hybridized carbons (Fsp3) is 0.147. The second-order valence-electron chi connectivity index (χ2n) is 9.86. The largest absolute Gasteiger partial charge is 0.378 e. The van der Waals surface area contributed by atoms with Crippen LogP contribution < -0.4 is 20.9 Å². The molecule has 0 aromatic heterocycles. The topological polar surface area (TPSA) is 90.5 Å². The first kappa shape index (κ1) is 31.4. The number of thioether (sulfide) groups is 1. The van der Waals surface area contributed by atoms with Crippen LogP contribution in [0.1, 0.15) is 29.3 Å². The molecular weight excluding hydrogens is 580 g/mol. The van der Waals surface area contributed by atoms with E-state index in [0.29, 0.717) is 28.4 Å². The van der Waals surface area contributed by atoms with Crippen LogP contribution in [0.3, 0.4) is 0 Å². The second kappa shape index (κ2) is 15.1. The molecule has 43 heavy (non-hydrogen) atoms. The first-order valence-electron chi connectivity index (χ1n) is 13.7. The van der Waals surface area contributed by atoms with Crippen molar-refractivity contribution in [3.8, 4) is 0 Å². The van der Waals surface area contributed by atoms with E-state index in [1.165, 1.54) is 11.8 Å². The van der Waals surface area contributed by atoms with Crippen molar-refractivity contribution < 1.29 is 14.4 Å². The molecular formula is C34H33ClN4O3S. The smallest absolute Gasteiger partial charge is 0.272 e. The molecule has 9 heteroatoms. The molecule has 3 N–H and O–H groups in total. The van der Waals surface area contributed by atoms with Crippen molar-refractivity contribution in [2.45, 2.75) is 23.5 Å². The Bertz CT molecular complexity index is 1590. The highest BCUT2D eigenvalue weighted by Crippen LogP contribution is 2.29. The van der Waals surface area contributed by atoms with E-state index in [4.69, 9.17) is 11.6 Å². The molecule has 0 radical (unpaired) electrons. The number of rotatable bonds is 11. The lowest BCUT2D eigenvalue weighted by Crippen LogP contribution is -2.30. The molecule has 0 aliphatic heterocycles. The minimum Gasteiger partial charge on any atom is -0.378 e. The quantitative estimate of drug-likeness (QED) is 0.122. The lowest BCUT2D eigenvalue weighted by Gasteiger charge is -2.16. The van der Waals surface area contributed by atoms with Crippen LogP contribution in [0.2, 0.25) is 5.02 Å². The SMILES string of the molecule is CCC(Sc1cccc(NC(=O)/C(=C\c2ccc(N(C)C)cc2)NC(=O)c2ccccc2)c1)C(=O)Nc1ccc(Cl)cc1. The zero-order valence-corrected chi connectivity index (χ0v) is 25.7. The van der Waals surface area contributed by atoms with Gasteiger partial charge in [-0.15, -0.1) is 11.8 Å².